The van der Waals surface area contributed by atoms with Gasteiger partial charge in [0.25, 0.3) is 0 Å². The van der Waals surface area contributed by atoms with Crippen molar-refractivity contribution in [2.45, 2.75) is 44.6 Å². The maximum atomic E-state index is 4.57. The monoisotopic (exact) mass is 270 g/mol. The van der Waals surface area contributed by atoms with Gasteiger partial charge in [-0.2, -0.15) is 12.6 Å². The second kappa shape index (κ2) is 7.98. The number of thioether (sulfide) groups is 1. The quantitative estimate of drug-likeness (QED) is 0.569. The largest absolute Gasteiger partial charge is 0.260 e. The smallest absolute Gasteiger partial charge is 0.114 e. The second-order valence-corrected chi connectivity index (χ2v) is 5.80. The minimum Gasteiger partial charge on any atom is -0.260 e. The van der Waals surface area contributed by atoms with E-state index in [-0.39, 0.29) is 0 Å². The van der Waals surface area contributed by atoms with Gasteiger partial charge >= 0.3 is 0 Å². The highest BCUT2D eigenvalue weighted by molar-refractivity contribution is 7.99. The molecule has 0 saturated carbocycles. The molecule has 96 valence electrons. The molecule has 0 spiro atoms. The van der Waals surface area contributed by atoms with Crippen molar-refractivity contribution in [3.63, 3.8) is 0 Å². The molecule has 4 heteroatoms. The van der Waals surface area contributed by atoms with Gasteiger partial charge in [0.1, 0.15) is 5.03 Å². The average molecular weight is 270 g/mol. The summed E-state index contributed by atoms with van der Waals surface area (Å²) in [5.74, 6) is 2.05. The van der Waals surface area contributed by atoms with E-state index in [1.54, 1.807) is 12.4 Å². The zero-order valence-electron chi connectivity index (χ0n) is 10.7. The Hall–Kier alpha value is -0.220. The molecule has 0 unspecified atom stereocenters. The van der Waals surface area contributed by atoms with Gasteiger partial charge < -0.3 is 0 Å². The van der Waals surface area contributed by atoms with Crippen molar-refractivity contribution in [1.29, 1.82) is 0 Å². The van der Waals surface area contributed by atoms with E-state index in [0.29, 0.717) is 5.41 Å². The van der Waals surface area contributed by atoms with Crippen LogP contribution in [0.1, 0.15) is 39.5 Å². The van der Waals surface area contributed by atoms with Gasteiger partial charge in [-0.15, -0.1) is 11.8 Å². The molecule has 1 heterocycles. The molecule has 0 saturated heterocycles. The third kappa shape index (κ3) is 4.88. The van der Waals surface area contributed by atoms with Crippen molar-refractivity contribution in [3.05, 3.63) is 18.6 Å². The van der Waals surface area contributed by atoms with Gasteiger partial charge in [0, 0.05) is 18.1 Å². The Morgan fingerprint density at radius 3 is 2.41 bits per heavy atom. The van der Waals surface area contributed by atoms with Crippen LogP contribution < -0.4 is 0 Å². The van der Waals surface area contributed by atoms with Crippen LogP contribution in [0.4, 0.5) is 0 Å². The summed E-state index contributed by atoms with van der Waals surface area (Å²) < 4.78 is 0. The van der Waals surface area contributed by atoms with Crippen LogP contribution in [-0.4, -0.2) is 21.5 Å². The number of nitrogens with zero attached hydrogens (tertiary/aromatic N) is 2. The molecule has 0 aliphatic heterocycles. The minimum atomic E-state index is 0.356. The van der Waals surface area contributed by atoms with Gasteiger partial charge in [-0.25, -0.2) is 4.98 Å². The summed E-state index contributed by atoms with van der Waals surface area (Å²) in [6.45, 7) is 4.50. The second-order valence-electron chi connectivity index (χ2n) is 4.49. The number of hydrogen-bond donors (Lipinski definition) is 1. The maximum absolute atomic E-state index is 4.57. The Labute approximate surface area is 114 Å². The average Bonchev–Trinajstić information content (AvgIpc) is 2.38. The molecule has 0 atom stereocenters. The first kappa shape index (κ1) is 14.8. The first-order valence-electron chi connectivity index (χ1n) is 6.26. The lowest BCUT2D eigenvalue weighted by molar-refractivity contribution is 0.318. The molecule has 1 aromatic rings. The Morgan fingerprint density at radius 2 is 1.94 bits per heavy atom. The number of thiol groups is 1. The Morgan fingerprint density at radius 1 is 1.24 bits per heavy atom. The van der Waals surface area contributed by atoms with Crippen LogP contribution in [0.25, 0.3) is 0 Å². The molecule has 1 aromatic heterocycles. The van der Waals surface area contributed by atoms with E-state index in [1.807, 2.05) is 18.0 Å². The minimum absolute atomic E-state index is 0.356. The molecular formula is C13H22N2S2. The van der Waals surface area contributed by atoms with Crippen LogP contribution in [0.3, 0.4) is 0 Å². The van der Waals surface area contributed by atoms with Crippen molar-refractivity contribution in [1.82, 2.24) is 9.97 Å². The summed E-state index contributed by atoms with van der Waals surface area (Å²) in [6, 6.07) is 0. The molecule has 0 amide bonds. The van der Waals surface area contributed by atoms with Crippen molar-refractivity contribution in [2.75, 3.05) is 11.5 Å². The highest BCUT2D eigenvalue weighted by atomic mass is 32.2. The van der Waals surface area contributed by atoms with E-state index >= 15 is 0 Å². The van der Waals surface area contributed by atoms with Crippen LogP contribution in [-0.2, 0) is 0 Å². The fourth-order valence-electron chi connectivity index (χ4n) is 2.12. The van der Waals surface area contributed by atoms with E-state index in [4.69, 9.17) is 0 Å². The molecular weight excluding hydrogens is 248 g/mol. The van der Waals surface area contributed by atoms with Gasteiger partial charge in [0.05, 0.1) is 6.20 Å². The fourth-order valence-corrected chi connectivity index (χ4v) is 3.82. The third-order valence-electron chi connectivity index (χ3n) is 2.96. The van der Waals surface area contributed by atoms with Crippen LogP contribution >= 0.6 is 24.4 Å². The SMILES string of the molecule is CCCC(CS)(CCC)CSc1cnccn1. The number of rotatable bonds is 8. The summed E-state index contributed by atoms with van der Waals surface area (Å²) in [4.78, 5) is 8.41. The van der Waals surface area contributed by atoms with Gasteiger partial charge in [0.15, 0.2) is 0 Å². The molecule has 17 heavy (non-hydrogen) atoms. The lowest BCUT2D eigenvalue weighted by Crippen LogP contribution is -2.26. The lowest BCUT2D eigenvalue weighted by Gasteiger charge is -2.31. The number of aromatic nitrogens is 2. The van der Waals surface area contributed by atoms with Crippen LogP contribution in [0.2, 0.25) is 0 Å². The standard InChI is InChI=1S/C13H22N2S2/c1-3-5-13(10-16,6-4-2)11-17-12-9-14-7-8-15-12/h7-9,16H,3-6,10-11H2,1-2H3. The Kier molecular flexibility index (Phi) is 6.97. The van der Waals surface area contributed by atoms with Crippen molar-refractivity contribution < 1.29 is 0 Å². The van der Waals surface area contributed by atoms with Gasteiger partial charge in [-0.05, 0) is 24.0 Å². The molecule has 1 rings (SSSR count). The van der Waals surface area contributed by atoms with E-state index in [2.05, 4.69) is 36.4 Å². The summed E-state index contributed by atoms with van der Waals surface area (Å²) in [5, 5.41) is 1.02. The number of hydrogen-bond acceptors (Lipinski definition) is 4. The predicted molar refractivity (Wildman–Crippen MR) is 78.9 cm³/mol. The van der Waals surface area contributed by atoms with E-state index in [1.165, 1.54) is 25.7 Å². The van der Waals surface area contributed by atoms with Crippen molar-refractivity contribution in [3.8, 4) is 0 Å². The Balaban J connectivity index is 2.59. The summed E-state index contributed by atoms with van der Waals surface area (Å²) >= 11 is 6.38. The van der Waals surface area contributed by atoms with Crippen LogP contribution in [0, 0.1) is 5.41 Å². The highest BCUT2D eigenvalue weighted by Gasteiger charge is 2.27. The maximum Gasteiger partial charge on any atom is 0.114 e. The molecule has 0 aliphatic carbocycles. The van der Waals surface area contributed by atoms with Gasteiger partial charge in [-0.3, -0.25) is 4.98 Å². The van der Waals surface area contributed by atoms with Crippen molar-refractivity contribution in [2.24, 2.45) is 5.41 Å². The molecule has 0 fully saturated rings. The topological polar surface area (TPSA) is 25.8 Å². The summed E-state index contributed by atoms with van der Waals surface area (Å²) in [7, 11) is 0. The summed E-state index contributed by atoms with van der Waals surface area (Å²) in [6.07, 6.45) is 10.3. The molecule has 0 bridgehead atoms. The van der Waals surface area contributed by atoms with Gasteiger partial charge in [-0.1, -0.05) is 26.7 Å². The first-order valence-corrected chi connectivity index (χ1v) is 7.88. The zero-order chi connectivity index (χ0) is 12.6. The molecule has 0 aliphatic rings. The highest BCUT2D eigenvalue weighted by Crippen LogP contribution is 2.36. The van der Waals surface area contributed by atoms with Crippen LogP contribution in [0.15, 0.2) is 23.6 Å². The third-order valence-corrected chi connectivity index (χ3v) is 4.90. The molecule has 0 N–H and O–H groups in total. The lowest BCUT2D eigenvalue weighted by atomic mass is 9.83. The van der Waals surface area contributed by atoms with Crippen molar-refractivity contribution >= 4 is 24.4 Å². The first-order chi connectivity index (χ1) is 8.26. The van der Waals surface area contributed by atoms with E-state index in [0.717, 1.165) is 16.5 Å². The van der Waals surface area contributed by atoms with Gasteiger partial charge in [0.2, 0.25) is 0 Å². The zero-order valence-corrected chi connectivity index (χ0v) is 12.4. The normalized spacial score (nSPS) is 11.7. The molecule has 0 radical (unpaired) electrons. The predicted octanol–water partition coefficient (Wildman–Crippen LogP) is 4.09. The Bertz CT molecular complexity index is 298. The van der Waals surface area contributed by atoms with E-state index in [9.17, 15) is 0 Å². The summed E-state index contributed by atoms with van der Waals surface area (Å²) in [5.41, 5.74) is 0.356. The van der Waals surface area contributed by atoms with Crippen LogP contribution in [0.5, 0.6) is 0 Å². The molecule has 0 aromatic carbocycles. The van der Waals surface area contributed by atoms with E-state index < -0.39 is 0 Å². The molecule has 2 nitrogen and oxygen atoms in total. The fraction of sp³-hybridized carbons (Fsp3) is 0.692.